The SMILES string of the molecule is COc1ccc(-c2nnc(-c3ccc(-c4sc5cc(OC)ccc5c4Cl)cc3)o2)cc1. The first-order valence-electron chi connectivity index (χ1n) is 9.51. The second kappa shape index (κ2) is 8.06. The van der Waals surface area contributed by atoms with E-state index in [2.05, 4.69) is 10.2 Å². The average Bonchev–Trinajstić information content (AvgIpc) is 3.44. The predicted molar refractivity (Wildman–Crippen MR) is 124 cm³/mol. The molecule has 0 aliphatic heterocycles. The zero-order valence-electron chi connectivity index (χ0n) is 16.8. The predicted octanol–water partition coefficient (Wildman–Crippen LogP) is 6.96. The van der Waals surface area contributed by atoms with Crippen LogP contribution in [-0.2, 0) is 0 Å². The van der Waals surface area contributed by atoms with E-state index in [0.29, 0.717) is 11.8 Å². The van der Waals surface area contributed by atoms with Crippen molar-refractivity contribution in [3.05, 3.63) is 71.8 Å². The number of fused-ring (bicyclic) bond motifs is 1. The zero-order chi connectivity index (χ0) is 21.4. The number of rotatable bonds is 5. The first-order chi connectivity index (χ1) is 15.2. The van der Waals surface area contributed by atoms with Crippen LogP contribution in [0.5, 0.6) is 11.5 Å². The Morgan fingerprint density at radius 1 is 0.742 bits per heavy atom. The smallest absolute Gasteiger partial charge is 0.248 e. The zero-order valence-corrected chi connectivity index (χ0v) is 18.3. The van der Waals surface area contributed by atoms with Gasteiger partial charge < -0.3 is 13.9 Å². The summed E-state index contributed by atoms with van der Waals surface area (Å²) >= 11 is 8.30. The van der Waals surface area contributed by atoms with E-state index >= 15 is 0 Å². The lowest BCUT2D eigenvalue weighted by atomic mass is 10.1. The molecule has 7 heteroatoms. The molecule has 0 atom stereocenters. The Balaban J connectivity index is 1.43. The van der Waals surface area contributed by atoms with Crippen molar-refractivity contribution < 1.29 is 13.9 Å². The molecule has 0 aliphatic rings. The lowest BCUT2D eigenvalue weighted by Gasteiger charge is -2.01. The number of methoxy groups -OCH3 is 2. The normalized spacial score (nSPS) is 11.1. The Labute approximate surface area is 187 Å². The maximum Gasteiger partial charge on any atom is 0.248 e. The van der Waals surface area contributed by atoms with E-state index in [9.17, 15) is 0 Å². The van der Waals surface area contributed by atoms with Gasteiger partial charge >= 0.3 is 0 Å². The Morgan fingerprint density at radius 3 is 1.90 bits per heavy atom. The van der Waals surface area contributed by atoms with Gasteiger partial charge in [-0.15, -0.1) is 21.5 Å². The van der Waals surface area contributed by atoms with Crippen LogP contribution in [0.1, 0.15) is 0 Å². The van der Waals surface area contributed by atoms with Crippen molar-refractivity contribution >= 4 is 33.0 Å². The maximum atomic E-state index is 6.66. The van der Waals surface area contributed by atoms with E-state index in [1.165, 1.54) is 0 Å². The molecule has 2 heterocycles. The second-order valence-corrected chi connectivity index (χ2v) is 8.26. The molecule has 0 unspecified atom stereocenters. The minimum atomic E-state index is 0.461. The molecule has 0 saturated carbocycles. The third-order valence-corrected chi connectivity index (χ3v) is 6.70. The lowest BCUT2D eigenvalue weighted by Crippen LogP contribution is -1.82. The number of hydrogen-bond acceptors (Lipinski definition) is 6. The number of nitrogens with zero attached hydrogens (tertiary/aromatic N) is 2. The quantitative estimate of drug-likeness (QED) is 0.291. The average molecular weight is 449 g/mol. The summed E-state index contributed by atoms with van der Waals surface area (Å²) in [4.78, 5) is 1.01. The van der Waals surface area contributed by atoms with E-state index in [0.717, 1.165) is 48.2 Å². The molecule has 0 aliphatic carbocycles. The maximum absolute atomic E-state index is 6.66. The van der Waals surface area contributed by atoms with Gasteiger partial charge in [-0.3, -0.25) is 0 Å². The molecular formula is C24H17ClN2O3S. The molecule has 0 fully saturated rings. The molecule has 0 saturated heterocycles. The summed E-state index contributed by atoms with van der Waals surface area (Å²) in [7, 11) is 3.29. The van der Waals surface area contributed by atoms with Gasteiger partial charge in [0.1, 0.15) is 11.5 Å². The van der Waals surface area contributed by atoms with E-state index in [-0.39, 0.29) is 0 Å². The van der Waals surface area contributed by atoms with Crippen LogP contribution < -0.4 is 9.47 Å². The Morgan fingerprint density at radius 2 is 1.29 bits per heavy atom. The Kier molecular flexibility index (Phi) is 5.10. The van der Waals surface area contributed by atoms with Gasteiger partial charge in [-0.2, -0.15) is 0 Å². The highest BCUT2D eigenvalue weighted by Crippen LogP contribution is 2.43. The molecule has 3 aromatic carbocycles. The Hall–Kier alpha value is -3.35. The van der Waals surface area contributed by atoms with Gasteiger partial charge in [-0.05, 0) is 60.2 Å². The highest BCUT2D eigenvalue weighted by Gasteiger charge is 2.15. The summed E-state index contributed by atoms with van der Waals surface area (Å²) in [5.74, 6) is 2.52. The van der Waals surface area contributed by atoms with Crippen LogP contribution in [0.3, 0.4) is 0 Å². The van der Waals surface area contributed by atoms with Crippen molar-refractivity contribution in [2.24, 2.45) is 0 Å². The molecule has 0 amide bonds. The second-order valence-electron chi connectivity index (χ2n) is 6.83. The van der Waals surface area contributed by atoms with Crippen molar-refractivity contribution in [1.82, 2.24) is 10.2 Å². The molecule has 5 rings (SSSR count). The molecule has 5 nitrogen and oxygen atoms in total. The third kappa shape index (κ3) is 3.65. The molecule has 31 heavy (non-hydrogen) atoms. The monoisotopic (exact) mass is 448 g/mol. The van der Waals surface area contributed by atoms with Crippen LogP contribution in [0.25, 0.3) is 43.4 Å². The number of hydrogen-bond donors (Lipinski definition) is 0. The van der Waals surface area contributed by atoms with Crippen molar-refractivity contribution in [2.75, 3.05) is 14.2 Å². The van der Waals surface area contributed by atoms with E-state index in [1.54, 1.807) is 25.6 Å². The van der Waals surface area contributed by atoms with E-state index in [4.69, 9.17) is 25.5 Å². The largest absolute Gasteiger partial charge is 0.497 e. The van der Waals surface area contributed by atoms with Crippen molar-refractivity contribution in [1.29, 1.82) is 0 Å². The Bertz CT molecular complexity index is 1360. The fourth-order valence-electron chi connectivity index (χ4n) is 3.31. The van der Waals surface area contributed by atoms with Gasteiger partial charge in [-0.1, -0.05) is 23.7 Å². The molecular weight excluding hydrogens is 432 g/mol. The lowest BCUT2D eigenvalue weighted by molar-refractivity contribution is 0.415. The fraction of sp³-hybridized carbons (Fsp3) is 0.0833. The van der Waals surface area contributed by atoms with Crippen LogP contribution in [0.2, 0.25) is 5.02 Å². The molecule has 5 aromatic rings. The van der Waals surface area contributed by atoms with Gasteiger partial charge in [0.05, 0.1) is 24.1 Å². The minimum Gasteiger partial charge on any atom is -0.497 e. The van der Waals surface area contributed by atoms with Crippen molar-refractivity contribution in [3.63, 3.8) is 0 Å². The third-order valence-electron chi connectivity index (χ3n) is 4.99. The van der Waals surface area contributed by atoms with Crippen molar-refractivity contribution in [2.45, 2.75) is 0 Å². The fourth-order valence-corrected chi connectivity index (χ4v) is 4.89. The van der Waals surface area contributed by atoms with Gasteiger partial charge in [0.25, 0.3) is 0 Å². The standard InChI is InChI=1S/C24H17ClN2O3S/c1-28-17-9-7-16(8-10-17)24-27-26-23(30-24)15-5-3-14(4-6-15)22-21(25)19-12-11-18(29-2)13-20(19)31-22/h3-13H,1-2H3. The molecule has 0 bridgehead atoms. The molecule has 0 spiro atoms. The number of benzene rings is 3. The minimum absolute atomic E-state index is 0.461. The van der Waals surface area contributed by atoms with Crippen LogP contribution in [0.4, 0.5) is 0 Å². The number of halogens is 1. The van der Waals surface area contributed by atoms with Gasteiger partial charge in [-0.25, -0.2) is 0 Å². The van der Waals surface area contributed by atoms with Crippen LogP contribution in [-0.4, -0.2) is 24.4 Å². The first-order valence-corrected chi connectivity index (χ1v) is 10.7. The molecule has 154 valence electrons. The summed E-state index contributed by atoms with van der Waals surface area (Å²) in [5.41, 5.74) is 2.71. The van der Waals surface area contributed by atoms with Gasteiger partial charge in [0, 0.05) is 21.2 Å². The first kappa shape index (κ1) is 19.6. The highest BCUT2D eigenvalue weighted by molar-refractivity contribution is 7.23. The summed E-state index contributed by atoms with van der Waals surface area (Å²) in [5, 5.41) is 10.1. The molecule has 2 aromatic heterocycles. The van der Waals surface area contributed by atoms with Crippen molar-refractivity contribution in [3.8, 4) is 44.8 Å². The van der Waals surface area contributed by atoms with Crippen LogP contribution >= 0.6 is 22.9 Å². The van der Waals surface area contributed by atoms with Gasteiger partial charge in [0.2, 0.25) is 11.8 Å². The summed E-state index contributed by atoms with van der Waals surface area (Å²) in [6, 6.07) is 21.4. The number of aromatic nitrogens is 2. The highest BCUT2D eigenvalue weighted by atomic mass is 35.5. The van der Waals surface area contributed by atoms with E-state index in [1.807, 2.05) is 66.7 Å². The van der Waals surface area contributed by atoms with E-state index < -0.39 is 0 Å². The summed E-state index contributed by atoms with van der Waals surface area (Å²) in [6.07, 6.45) is 0. The van der Waals surface area contributed by atoms with Crippen LogP contribution in [0.15, 0.2) is 71.1 Å². The topological polar surface area (TPSA) is 57.4 Å². The molecule has 0 radical (unpaired) electrons. The summed E-state index contributed by atoms with van der Waals surface area (Å²) < 4.78 is 17.5. The van der Waals surface area contributed by atoms with Crippen LogP contribution in [0, 0.1) is 0 Å². The molecule has 0 N–H and O–H groups in total. The summed E-state index contributed by atoms with van der Waals surface area (Å²) in [6.45, 7) is 0. The number of ether oxygens (including phenoxy) is 2. The van der Waals surface area contributed by atoms with Gasteiger partial charge in [0.15, 0.2) is 0 Å². The number of thiophene rings is 1.